The number of rotatable bonds is 4. The molecule has 1 rings (SSSR count). The highest BCUT2D eigenvalue weighted by molar-refractivity contribution is 5.25. The predicted octanol–water partition coefficient (Wildman–Crippen LogP) is 2.27. The molecular formula is C13H21NO. The first-order valence-corrected chi connectivity index (χ1v) is 5.48. The molecule has 0 spiro atoms. The smallest absolute Gasteiger partial charge is 0.0852 e. The van der Waals surface area contributed by atoms with Gasteiger partial charge in [-0.25, -0.2) is 0 Å². The average molecular weight is 207 g/mol. The fourth-order valence-electron chi connectivity index (χ4n) is 1.50. The number of hydrogen-bond acceptors (Lipinski definition) is 2. The van der Waals surface area contributed by atoms with Gasteiger partial charge in [-0.1, -0.05) is 45.0 Å². The molecule has 2 heteroatoms. The van der Waals surface area contributed by atoms with Crippen LogP contribution in [0.5, 0.6) is 0 Å². The third-order valence-electron chi connectivity index (χ3n) is 2.97. The van der Waals surface area contributed by atoms with Crippen molar-refractivity contribution in [2.75, 3.05) is 6.54 Å². The normalized spacial score (nSPS) is 13.9. The van der Waals surface area contributed by atoms with E-state index in [1.165, 1.54) is 5.56 Å². The van der Waals surface area contributed by atoms with Gasteiger partial charge >= 0.3 is 0 Å². The van der Waals surface area contributed by atoms with E-state index in [9.17, 15) is 5.11 Å². The second-order valence-electron chi connectivity index (χ2n) is 4.69. The molecule has 0 aliphatic rings. The molecule has 0 heterocycles. The van der Waals surface area contributed by atoms with E-state index in [-0.39, 0.29) is 5.41 Å². The molecule has 0 aliphatic carbocycles. The second kappa shape index (κ2) is 4.77. The van der Waals surface area contributed by atoms with Crippen molar-refractivity contribution in [3.05, 3.63) is 35.4 Å². The first-order chi connectivity index (χ1) is 7.01. The summed E-state index contributed by atoms with van der Waals surface area (Å²) in [6.07, 6.45) is 0.532. The molecule has 0 amide bonds. The van der Waals surface area contributed by atoms with Gasteiger partial charge in [0, 0.05) is 12.0 Å². The summed E-state index contributed by atoms with van der Waals surface area (Å²) in [4.78, 5) is 0. The van der Waals surface area contributed by atoms with E-state index in [2.05, 4.69) is 19.1 Å². The number of aliphatic hydroxyl groups excluding tert-OH is 1. The Morgan fingerprint density at radius 1 is 1.27 bits per heavy atom. The van der Waals surface area contributed by atoms with Crippen LogP contribution in [-0.2, 0) is 6.42 Å². The lowest BCUT2D eigenvalue weighted by Gasteiger charge is -2.29. The molecular weight excluding hydrogens is 186 g/mol. The summed E-state index contributed by atoms with van der Waals surface area (Å²) in [5.41, 5.74) is 7.61. The Morgan fingerprint density at radius 3 is 2.20 bits per heavy atom. The first kappa shape index (κ1) is 12.2. The Kier molecular flexibility index (Phi) is 3.89. The van der Waals surface area contributed by atoms with Gasteiger partial charge in [0.2, 0.25) is 0 Å². The number of nitrogens with two attached hydrogens (primary N) is 1. The lowest BCUT2D eigenvalue weighted by Crippen LogP contribution is -2.30. The summed E-state index contributed by atoms with van der Waals surface area (Å²) in [6.45, 7) is 6.55. The van der Waals surface area contributed by atoms with Gasteiger partial charge in [-0.2, -0.15) is 0 Å². The Hall–Kier alpha value is -0.860. The zero-order chi connectivity index (χ0) is 11.5. The van der Waals surface area contributed by atoms with E-state index >= 15 is 0 Å². The highest BCUT2D eigenvalue weighted by atomic mass is 16.3. The van der Waals surface area contributed by atoms with Crippen molar-refractivity contribution < 1.29 is 5.11 Å². The van der Waals surface area contributed by atoms with Gasteiger partial charge in [0.05, 0.1) is 6.10 Å². The third kappa shape index (κ3) is 2.80. The molecule has 0 saturated heterocycles. The Bertz CT molecular complexity index is 303. The fourth-order valence-corrected chi connectivity index (χ4v) is 1.50. The SMILES string of the molecule is CCc1ccc(C(O)C(C)(C)CN)cc1. The maximum Gasteiger partial charge on any atom is 0.0852 e. The topological polar surface area (TPSA) is 46.2 Å². The summed E-state index contributed by atoms with van der Waals surface area (Å²) in [5, 5.41) is 10.1. The van der Waals surface area contributed by atoms with Crippen LogP contribution in [0.15, 0.2) is 24.3 Å². The van der Waals surface area contributed by atoms with Crippen LogP contribution >= 0.6 is 0 Å². The molecule has 0 radical (unpaired) electrons. The Labute approximate surface area is 92.1 Å². The van der Waals surface area contributed by atoms with Crippen molar-refractivity contribution in [2.24, 2.45) is 11.1 Å². The minimum Gasteiger partial charge on any atom is -0.388 e. The van der Waals surface area contributed by atoms with E-state index in [0.29, 0.717) is 6.54 Å². The van der Waals surface area contributed by atoms with Crippen LogP contribution in [0.4, 0.5) is 0 Å². The maximum atomic E-state index is 10.1. The Morgan fingerprint density at radius 2 is 1.80 bits per heavy atom. The highest BCUT2D eigenvalue weighted by Gasteiger charge is 2.27. The van der Waals surface area contributed by atoms with Crippen molar-refractivity contribution in [1.29, 1.82) is 0 Å². The van der Waals surface area contributed by atoms with Gasteiger partial charge in [0.25, 0.3) is 0 Å². The molecule has 15 heavy (non-hydrogen) atoms. The van der Waals surface area contributed by atoms with Gasteiger partial charge in [0.15, 0.2) is 0 Å². The van der Waals surface area contributed by atoms with Gasteiger partial charge in [-0.3, -0.25) is 0 Å². The molecule has 0 saturated carbocycles. The van der Waals surface area contributed by atoms with E-state index < -0.39 is 6.10 Å². The lowest BCUT2D eigenvalue weighted by molar-refractivity contribution is 0.0555. The van der Waals surface area contributed by atoms with Crippen LogP contribution in [0.2, 0.25) is 0 Å². The monoisotopic (exact) mass is 207 g/mol. The lowest BCUT2D eigenvalue weighted by atomic mass is 9.82. The minimum atomic E-state index is -0.492. The van der Waals surface area contributed by atoms with Gasteiger partial charge in [0.1, 0.15) is 0 Å². The van der Waals surface area contributed by atoms with Crippen molar-refractivity contribution in [2.45, 2.75) is 33.3 Å². The summed E-state index contributed by atoms with van der Waals surface area (Å²) in [5.74, 6) is 0. The van der Waals surface area contributed by atoms with Crippen molar-refractivity contribution in [3.8, 4) is 0 Å². The summed E-state index contributed by atoms with van der Waals surface area (Å²) in [7, 11) is 0. The molecule has 0 bridgehead atoms. The molecule has 1 aromatic carbocycles. The summed E-state index contributed by atoms with van der Waals surface area (Å²) in [6, 6.07) is 8.10. The fraction of sp³-hybridized carbons (Fsp3) is 0.538. The Balaban J connectivity index is 2.87. The quantitative estimate of drug-likeness (QED) is 0.795. The minimum absolute atomic E-state index is 0.270. The molecule has 0 aromatic heterocycles. The molecule has 1 unspecified atom stereocenters. The first-order valence-electron chi connectivity index (χ1n) is 5.48. The maximum absolute atomic E-state index is 10.1. The second-order valence-corrected chi connectivity index (χ2v) is 4.69. The van der Waals surface area contributed by atoms with Crippen LogP contribution < -0.4 is 5.73 Å². The molecule has 2 nitrogen and oxygen atoms in total. The van der Waals surface area contributed by atoms with Gasteiger partial charge in [-0.05, 0) is 17.5 Å². The van der Waals surface area contributed by atoms with Crippen molar-refractivity contribution in [1.82, 2.24) is 0 Å². The van der Waals surface area contributed by atoms with E-state index in [1.54, 1.807) is 0 Å². The third-order valence-corrected chi connectivity index (χ3v) is 2.97. The summed E-state index contributed by atoms with van der Waals surface area (Å²) >= 11 is 0. The van der Waals surface area contributed by atoms with E-state index in [0.717, 1.165) is 12.0 Å². The van der Waals surface area contributed by atoms with Crippen LogP contribution in [0, 0.1) is 5.41 Å². The number of aryl methyl sites for hydroxylation is 1. The average Bonchev–Trinajstić information content (AvgIpc) is 2.28. The van der Waals surface area contributed by atoms with Crippen molar-refractivity contribution in [3.63, 3.8) is 0 Å². The number of benzene rings is 1. The standard InChI is InChI=1S/C13H21NO/c1-4-10-5-7-11(8-6-10)12(15)13(2,3)9-14/h5-8,12,15H,4,9,14H2,1-3H3. The van der Waals surface area contributed by atoms with E-state index in [1.807, 2.05) is 26.0 Å². The van der Waals surface area contributed by atoms with Crippen LogP contribution in [-0.4, -0.2) is 11.7 Å². The molecule has 0 aliphatic heterocycles. The van der Waals surface area contributed by atoms with Crippen LogP contribution in [0.3, 0.4) is 0 Å². The van der Waals surface area contributed by atoms with Crippen molar-refractivity contribution >= 4 is 0 Å². The zero-order valence-corrected chi connectivity index (χ0v) is 9.83. The van der Waals surface area contributed by atoms with Crippen LogP contribution in [0.1, 0.15) is 38.0 Å². The molecule has 84 valence electrons. The predicted molar refractivity (Wildman–Crippen MR) is 63.6 cm³/mol. The summed E-state index contributed by atoms with van der Waals surface area (Å²) < 4.78 is 0. The van der Waals surface area contributed by atoms with Gasteiger partial charge in [-0.15, -0.1) is 0 Å². The highest BCUT2D eigenvalue weighted by Crippen LogP contribution is 2.32. The van der Waals surface area contributed by atoms with E-state index in [4.69, 9.17) is 5.73 Å². The number of aliphatic hydroxyl groups is 1. The molecule has 0 fully saturated rings. The molecule has 1 atom stereocenters. The van der Waals surface area contributed by atoms with Crippen LogP contribution in [0.25, 0.3) is 0 Å². The largest absolute Gasteiger partial charge is 0.388 e. The van der Waals surface area contributed by atoms with Gasteiger partial charge < -0.3 is 10.8 Å². The number of hydrogen-bond donors (Lipinski definition) is 2. The zero-order valence-electron chi connectivity index (χ0n) is 9.83. The molecule has 3 N–H and O–H groups in total. The molecule has 1 aromatic rings.